The van der Waals surface area contributed by atoms with Gasteiger partial charge in [0.25, 0.3) is 0 Å². The summed E-state index contributed by atoms with van der Waals surface area (Å²) in [7, 11) is 0. The Bertz CT molecular complexity index is 280. The Morgan fingerprint density at radius 3 is 2.74 bits per heavy atom. The van der Waals surface area contributed by atoms with Gasteiger partial charge in [0, 0.05) is 19.7 Å². The molecule has 0 aromatic rings. The number of hydrogen-bond donors (Lipinski definition) is 2. The monoisotopic (exact) mass is 381 g/mol. The van der Waals surface area contributed by atoms with Gasteiger partial charge in [-0.15, -0.1) is 24.0 Å². The van der Waals surface area contributed by atoms with Crippen LogP contribution in [0.1, 0.15) is 45.4 Å². The molecule has 2 rings (SSSR count). The van der Waals surface area contributed by atoms with Gasteiger partial charge in [-0.3, -0.25) is 4.99 Å². The molecular weight excluding hydrogens is 353 g/mol. The van der Waals surface area contributed by atoms with Crippen molar-refractivity contribution < 1.29 is 4.74 Å². The maximum Gasteiger partial charge on any atom is 0.188 e. The van der Waals surface area contributed by atoms with E-state index in [4.69, 9.17) is 10.5 Å². The molecule has 0 radical (unpaired) electrons. The number of rotatable bonds is 4. The zero-order chi connectivity index (χ0) is 12.8. The quantitative estimate of drug-likeness (QED) is 0.447. The van der Waals surface area contributed by atoms with Crippen molar-refractivity contribution in [1.29, 1.82) is 0 Å². The zero-order valence-electron chi connectivity index (χ0n) is 11.9. The molecule has 0 spiro atoms. The second kappa shape index (κ2) is 9.00. The van der Waals surface area contributed by atoms with E-state index in [-0.39, 0.29) is 24.0 Å². The fourth-order valence-corrected chi connectivity index (χ4v) is 2.96. The first kappa shape index (κ1) is 17.0. The number of guanidine groups is 1. The van der Waals surface area contributed by atoms with E-state index >= 15 is 0 Å². The molecule has 0 amide bonds. The number of hydrogen-bond acceptors (Lipinski definition) is 2. The second-order valence-corrected chi connectivity index (χ2v) is 5.76. The van der Waals surface area contributed by atoms with E-state index in [2.05, 4.69) is 17.2 Å². The smallest absolute Gasteiger partial charge is 0.188 e. The number of nitrogens with zero attached hydrogens (tertiary/aromatic N) is 1. The fraction of sp³-hybridized carbons (Fsp3) is 0.929. The predicted molar refractivity (Wildman–Crippen MR) is 90.0 cm³/mol. The van der Waals surface area contributed by atoms with E-state index in [9.17, 15) is 0 Å². The summed E-state index contributed by atoms with van der Waals surface area (Å²) in [6.45, 7) is 4.92. The molecule has 4 nitrogen and oxygen atoms in total. The van der Waals surface area contributed by atoms with Crippen molar-refractivity contribution in [3.63, 3.8) is 0 Å². The van der Waals surface area contributed by atoms with Gasteiger partial charge in [-0.1, -0.05) is 26.2 Å². The summed E-state index contributed by atoms with van der Waals surface area (Å²) in [5.41, 5.74) is 5.90. The third-order valence-corrected chi connectivity index (χ3v) is 4.32. The van der Waals surface area contributed by atoms with Crippen LogP contribution in [0.5, 0.6) is 0 Å². The van der Waals surface area contributed by atoms with Crippen LogP contribution in [0.3, 0.4) is 0 Å². The Hall–Kier alpha value is -0.0400. The molecule has 1 aliphatic carbocycles. The minimum atomic E-state index is 0. The standard InChI is InChI=1S/C14H27N3O.HI/c1-11-5-2-3-6-12(11)9-16-14(15)17-10-13-7-4-8-18-13;/h11-13H,2-10H2,1H3,(H3,15,16,17);1H. The summed E-state index contributed by atoms with van der Waals surface area (Å²) >= 11 is 0. The van der Waals surface area contributed by atoms with Crippen LogP contribution in [0.4, 0.5) is 0 Å². The van der Waals surface area contributed by atoms with E-state index in [1.54, 1.807) is 0 Å². The van der Waals surface area contributed by atoms with Gasteiger partial charge >= 0.3 is 0 Å². The van der Waals surface area contributed by atoms with Crippen molar-refractivity contribution in [3.8, 4) is 0 Å². The topological polar surface area (TPSA) is 59.6 Å². The van der Waals surface area contributed by atoms with Gasteiger partial charge < -0.3 is 15.8 Å². The van der Waals surface area contributed by atoms with Crippen LogP contribution in [-0.4, -0.2) is 31.8 Å². The van der Waals surface area contributed by atoms with Crippen molar-refractivity contribution in [1.82, 2.24) is 5.32 Å². The number of aliphatic imine (C=N–C) groups is 1. The lowest BCUT2D eigenvalue weighted by Crippen LogP contribution is -2.37. The van der Waals surface area contributed by atoms with Gasteiger partial charge in [-0.05, 0) is 31.1 Å². The van der Waals surface area contributed by atoms with Crippen molar-refractivity contribution in [2.45, 2.75) is 51.6 Å². The van der Waals surface area contributed by atoms with Crippen LogP contribution in [0.15, 0.2) is 4.99 Å². The first-order chi connectivity index (χ1) is 8.75. The molecule has 3 unspecified atom stereocenters. The fourth-order valence-electron chi connectivity index (χ4n) is 2.96. The van der Waals surface area contributed by atoms with Crippen molar-refractivity contribution in [2.24, 2.45) is 22.6 Å². The van der Waals surface area contributed by atoms with E-state index in [0.717, 1.165) is 38.0 Å². The average Bonchev–Trinajstić information content (AvgIpc) is 2.88. The molecule has 19 heavy (non-hydrogen) atoms. The lowest BCUT2D eigenvalue weighted by Gasteiger charge is -2.27. The minimum Gasteiger partial charge on any atom is -0.376 e. The third kappa shape index (κ3) is 5.85. The first-order valence-electron chi connectivity index (χ1n) is 7.41. The molecule has 2 aliphatic rings. The molecule has 1 aliphatic heterocycles. The molecule has 2 fully saturated rings. The van der Waals surface area contributed by atoms with Crippen molar-refractivity contribution >= 4 is 29.9 Å². The summed E-state index contributed by atoms with van der Waals surface area (Å²) in [5, 5.41) is 3.18. The third-order valence-electron chi connectivity index (χ3n) is 4.32. The highest BCUT2D eigenvalue weighted by Crippen LogP contribution is 2.29. The highest BCUT2D eigenvalue weighted by atomic mass is 127. The van der Waals surface area contributed by atoms with Gasteiger partial charge in [0.2, 0.25) is 0 Å². The maximum atomic E-state index is 5.90. The molecule has 0 aromatic heterocycles. The van der Waals surface area contributed by atoms with Gasteiger partial charge in [0.05, 0.1) is 6.10 Å². The second-order valence-electron chi connectivity index (χ2n) is 5.76. The molecule has 0 aromatic carbocycles. The summed E-state index contributed by atoms with van der Waals surface area (Å²) in [6.07, 6.45) is 8.03. The van der Waals surface area contributed by atoms with E-state index in [1.165, 1.54) is 32.1 Å². The molecular formula is C14H28IN3O. The minimum absolute atomic E-state index is 0. The highest BCUT2D eigenvalue weighted by molar-refractivity contribution is 14.0. The molecule has 3 N–H and O–H groups in total. The largest absolute Gasteiger partial charge is 0.376 e. The number of nitrogens with two attached hydrogens (primary N) is 1. The average molecular weight is 381 g/mol. The molecule has 5 heteroatoms. The van der Waals surface area contributed by atoms with Crippen LogP contribution in [0, 0.1) is 11.8 Å². The molecule has 3 atom stereocenters. The van der Waals surface area contributed by atoms with Crippen LogP contribution in [0.25, 0.3) is 0 Å². The van der Waals surface area contributed by atoms with E-state index in [0.29, 0.717) is 12.1 Å². The number of ether oxygens (including phenoxy) is 1. The highest BCUT2D eigenvalue weighted by Gasteiger charge is 2.21. The maximum absolute atomic E-state index is 5.90. The van der Waals surface area contributed by atoms with Gasteiger partial charge in [-0.25, -0.2) is 0 Å². The summed E-state index contributed by atoms with van der Waals surface area (Å²) in [4.78, 5) is 4.49. The number of nitrogens with one attached hydrogen (secondary N) is 1. The van der Waals surface area contributed by atoms with E-state index in [1.807, 2.05) is 0 Å². The molecule has 1 saturated heterocycles. The van der Waals surface area contributed by atoms with Crippen molar-refractivity contribution in [2.75, 3.05) is 19.7 Å². The Kier molecular flexibility index (Phi) is 8.06. The van der Waals surface area contributed by atoms with Gasteiger partial charge in [0.1, 0.15) is 0 Å². The van der Waals surface area contributed by atoms with Crippen molar-refractivity contribution in [3.05, 3.63) is 0 Å². The SMILES string of the molecule is CC1CCCCC1CN=C(N)NCC1CCCO1.I. The number of halogens is 1. The van der Waals surface area contributed by atoms with E-state index < -0.39 is 0 Å². The Balaban J connectivity index is 0.00000180. The van der Waals surface area contributed by atoms with Crippen LogP contribution in [0.2, 0.25) is 0 Å². The summed E-state index contributed by atoms with van der Waals surface area (Å²) < 4.78 is 5.54. The molecule has 112 valence electrons. The van der Waals surface area contributed by atoms with Gasteiger partial charge in [-0.2, -0.15) is 0 Å². The summed E-state index contributed by atoms with van der Waals surface area (Å²) in [5.74, 6) is 2.11. The lowest BCUT2D eigenvalue weighted by atomic mass is 9.80. The Labute approximate surface area is 134 Å². The summed E-state index contributed by atoms with van der Waals surface area (Å²) in [6, 6.07) is 0. The molecule has 0 bridgehead atoms. The molecule has 1 heterocycles. The van der Waals surface area contributed by atoms with Gasteiger partial charge in [0.15, 0.2) is 5.96 Å². The zero-order valence-corrected chi connectivity index (χ0v) is 14.3. The predicted octanol–water partition coefficient (Wildman–Crippen LogP) is 2.51. The Morgan fingerprint density at radius 1 is 1.26 bits per heavy atom. The van der Waals surface area contributed by atoms with Crippen LogP contribution >= 0.6 is 24.0 Å². The normalized spacial score (nSPS) is 31.8. The Morgan fingerprint density at radius 2 is 2.05 bits per heavy atom. The lowest BCUT2D eigenvalue weighted by molar-refractivity contribution is 0.114. The molecule has 1 saturated carbocycles. The van der Waals surface area contributed by atoms with Crippen LogP contribution < -0.4 is 11.1 Å². The first-order valence-corrected chi connectivity index (χ1v) is 7.41. The van der Waals surface area contributed by atoms with Crippen LogP contribution in [-0.2, 0) is 4.74 Å².